The summed E-state index contributed by atoms with van der Waals surface area (Å²) >= 11 is 0. The fraction of sp³-hybridized carbons (Fsp3) is 0.579. The minimum absolute atomic E-state index is 0.0985. The van der Waals surface area contributed by atoms with Crippen molar-refractivity contribution < 1.29 is 19.1 Å². The number of methoxy groups -OCH3 is 2. The summed E-state index contributed by atoms with van der Waals surface area (Å²) in [6, 6.07) is 3.40. The standard InChI is InChI=1S/C19H26N2O4/c1-12-5-7-19(8-6-12)17(22)21(18(23)20-19)11-14-10-16(25-4)15(24-3)9-13(14)2/h9-10,12H,5-8,11H2,1-4H3,(H,20,23). The van der Waals surface area contributed by atoms with Crippen molar-refractivity contribution in [1.82, 2.24) is 10.2 Å². The summed E-state index contributed by atoms with van der Waals surface area (Å²) in [6.07, 6.45) is 3.38. The molecule has 0 aromatic heterocycles. The highest BCUT2D eigenvalue weighted by atomic mass is 16.5. The van der Waals surface area contributed by atoms with E-state index in [1.807, 2.05) is 19.1 Å². The van der Waals surface area contributed by atoms with Gasteiger partial charge in [0.25, 0.3) is 5.91 Å². The van der Waals surface area contributed by atoms with E-state index in [0.717, 1.165) is 36.8 Å². The summed E-state index contributed by atoms with van der Waals surface area (Å²) in [5, 5.41) is 2.96. The highest BCUT2D eigenvalue weighted by molar-refractivity contribution is 6.07. The number of urea groups is 1. The molecule has 25 heavy (non-hydrogen) atoms. The molecule has 1 spiro atoms. The second kappa shape index (κ2) is 6.58. The lowest BCUT2D eigenvalue weighted by Crippen LogP contribution is -2.49. The zero-order valence-electron chi connectivity index (χ0n) is 15.3. The number of hydrogen-bond acceptors (Lipinski definition) is 4. The molecule has 2 fully saturated rings. The zero-order valence-corrected chi connectivity index (χ0v) is 15.3. The molecule has 1 saturated heterocycles. The Morgan fingerprint density at radius 1 is 1.16 bits per heavy atom. The van der Waals surface area contributed by atoms with E-state index < -0.39 is 5.54 Å². The van der Waals surface area contributed by atoms with Gasteiger partial charge in [-0.3, -0.25) is 9.69 Å². The first-order valence-electron chi connectivity index (χ1n) is 8.76. The molecular formula is C19H26N2O4. The smallest absolute Gasteiger partial charge is 0.325 e. The monoisotopic (exact) mass is 346 g/mol. The Labute approximate surface area is 148 Å². The number of amides is 3. The summed E-state index contributed by atoms with van der Waals surface area (Å²) in [6.45, 7) is 4.38. The molecular weight excluding hydrogens is 320 g/mol. The SMILES string of the molecule is COc1cc(C)c(CN2C(=O)NC3(CCC(C)CC3)C2=O)cc1OC. The quantitative estimate of drug-likeness (QED) is 0.851. The number of aryl methyl sites for hydroxylation is 1. The highest BCUT2D eigenvalue weighted by Crippen LogP contribution is 2.37. The molecule has 1 aliphatic heterocycles. The first-order chi connectivity index (χ1) is 11.9. The summed E-state index contributed by atoms with van der Waals surface area (Å²) in [4.78, 5) is 26.8. The van der Waals surface area contributed by atoms with E-state index in [-0.39, 0.29) is 18.5 Å². The molecule has 3 rings (SSSR count). The Bertz CT molecular complexity index is 693. The van der Waals surface area contributed by atoms with Crippen LogP contribution in [0.3, 0.4) is 0 Å². The number of imide groups is 1. The maximum Gasteiger partial charge on any atom is 0.325 e. The Balaban J connectivity index is 1.84. The number of rotatable bonds is 4. The molecule has 2 aliphatic rings. The van der Waals surface area contributed by atoms with Gasteiger partial charge in [-0.05, 0) is 61.8 Å². The highest BCUT2D eigenvalue weighted by Gasteiger charge is 2.51. The van der Waals surface area contributed by atoms with E-state index in [4.69, 9.17) is 9.47 Å². The average molecular weight is 346 g/mol. The third-order valence-corrected chi connectivity index (χ3v) is 5.54. The second-order valence-electron chi connectivity index (χ2n) is 7.22. The number of ether oxygens (including phenoxy) is 2. The topological polar surface area (TPSA) is 67.9 Å². The number of hydrogen-bond donors (Lipinski definition) is 1. The molecule has 1 aromatic carbocycles. The lowest BCUT2D eigenvalue weighted by atomic mass is 9.77. The van der Waals surface area contributed by atoms with Gasteiger partial charge in [-0.2, -0.15) is 0 Å². The van der Waals surface area contributed by atoms with Crippen LogP contribution in [0.1, 0.15) is 43.7 Å². The van der Waals surface area contributed by atoms with Gasteiger partial charge in [0.05, 0.1) is 20.8 Å². The van der Waals surface area contributed by atoms with Crippen LogP contribution >= 0.6 is 0 Å². The molecule has 3 amide bonds. The largest absolute Gasteiger partial charge is 0.493 e. The maximum absolute atomic E-state index is 13.0. The van der Waals surface area contributed by atoms with Crippen molar-refractivity contribution in [3.63, 3.8) is 0 Å². The lowest BCUT2D eigenvalue weighted by Gasteiger charge is -2.33. The molecule has 1 saturated carbocycles. The van der Waals surface area contributed by atoms with Crippen LogP contribution in [0.25, 0.3) is 0 Å². The van der Waals surface area contributed by atoms with E-state index in [9.17, 15) is 9.59 Å². The molecule has 0 atom stereocenters. The van der Waals surface area contributed by atoms with Gasteiger partial charge in [0.1, 0.15) is 5.54 Å². The van der Waals surface area contributed by atoms with Crippen LogP contribution < -0.4 is 14.8 Å². The van der Waals surface area contributed by atoms with Gasteiger partial charge in [-0.15, -0.1) is 0 Å². The minimum atomic E-state index is -0.700. The summed E-state index contributed by atoms with van der Waals surface area (Å²) in [5.41, 5.74) is 1.13. The number of carbonyl (C=O) groups is 2. The minimum Gasteiger partial charge on any atom is -0.493 e. The molecule has 1 aromatic rings. The van der Waals surface area contributed by atoms with Crippen LogP contribution in [-0.2, 0) is 11.3 Å². The van der Waals surface area contributed by atoms with Gasteiger partial charge in [-0.1, -0.05) is 6.92 Å². The number of benzene rings is 1. The van der Waals surface area contributed by atoms with Crippen molar-refractivity contribution in [3.8, 4) is 11.5 Å². The molecule has 1 heterocycles. The summed E-state index contributed by atoms with van der Waals surface area (Å²) in [7, 11) is 3.16. The van der Waals surface area contributed by atoms with Crippen molar-refractivity contribution >= 4 is 11.9 Å². The van der Waals surface area contributed by atoms with Gasteiger partial charge in [-0.25, -0.2) is 4.79 Å². The van der Waals surface area contributed by atoms with Crippen LogP contribution in [0.4, 0.5) is 4.79 Å². The van der Waals surface area contributed by atoms with Gasteiger partial charge in [0.2, 0.25) is 0 Å². The van der Waals surface area contributed by atoms with Gasteiger partial charge in [0, 0.05) is 0 Å². The molecule has 0 radical (unpaired) electrons. The van der Waals surface area contributed by atoms with Gasteiger partial charge < -0.3 is 14.8 Å². The fourth-order valence-electron chi connectivity index (χ4n) is 3.78. The Morgan fingerprint density at radius 3 is 2.36 bits per heavy atom. The van der Waals surface area contributed by atoms with E-state index in [1.54, 1.807) is 14.2 Å². The third-order valence-electron chi connectivity index (χ3n) is 5.54. The molecule has 0 unspecified atom stereocenters. The Kier molecular flexibility index (Phi) is 4.62. The van der Waals surface area contributed by atoms with E-state index in [0.29, 0.717) is 17.4 Å². The molecule has 6 heteroatoms. The van der Waals surface area contributed by atoms with Gasteiger partial charge in [0.15, 0.2) is 11.5 Å². The van der Waals surface area contributed by atoms with E-state index in [2.05, 4.69) is 12.2 Å². The van der Waals surface area contributed by atoms with Gasteiger partial charge >= 0.3 is 6.03 Å². The Hall–Kier alpha value is -2.24. The maximum atomic E-state index is 13.0. The van der Waals surface area contributed by atoms with Crippen LogP contribution in [0.5, 0.6) is 11.5 Å². The zero-order chi connectivity index (χ0) is 18.2. The number of carbonyl (C=O) groups excluding carboxylic acids is 2. The van der Waals surface area contributed by atoms with E-state index in [1.165, 1.54) is 4.90 Å². The van der Waals surface area contributed by atoms with Crippen molar-refractivity contribution in [2.75, 3.05) is 14.2 Å². The summed E-state index contributed by atoms with van der Waals surface area (Å²) < 4.78 is 10.6. The normalized spacial score (nSPS) is 26.1. The van der Waals surface area contributed by atoms with Crippen molar-refractivity contribution in [2.45, 2.75) is 51.6 Å². The third kappa shape index (κ3) is 3.05. The lowest BCUT2D eigenvalue weighted by molar-refractivity contribution is -0.133. The molecule has 136 valence electrons. The van der Waals surface area contributed by atoms with Crippen LogP contribution in [-0.4, -0.2) is 36.6 Å². The van der Waals surface area contributed by atoms with E-state index >= 15 is 0 Å². The first kappa shape index (κ1) is 17.6. The molecule has 0 bridgehead atoms. The number of nitrogens with zero attached hydrogens (tertiary/aromatic N) is 1. The van der Waals surface area contributed by atoms with Crippen LogP contribution in [0.15, 0.2) is 12.1 Å². The van der Waals surface area contributed by atoms with Crippen molar-refractivity contribution in [1.29, 1.82) is 0 Å². The molecule has 6 nitrogen and oxygen atoms in total. The van der Waals surface area contributed by atoms with Crippen LogP contribution in [0, 0.1) is 12.8 Å². The second-order valence-corrected chi connectivity index (χ2v) is 7.22. The Morgan fingerprint density at radius 2 is 1.76 bits per heavy atom. The predicted molar refractivity (Wildman–Crippen MR) is 93.7 cm³/mol. The van der Waals surface area contributed by atoms with Crippen molar-refractivity contribution in [3.05, 3.63) is 23.3 Å². The van der Waals surface area contributed by atoms with Crippen molar-refractivity contribution in [2.24, 2.45) is 5.92 Å². The van der Waals surface area contributed by atoms with Crippen LogP contribution in [0.2, 0.25) is 0 Å². The molecule has 1 N–H and O–H groups in total. The number of nitrogens with one attached hydrogen (secondary N) is 1. The molecule has 1 aliphatic carbocycles. The fourth-order valence-corrected chi connectivity index (χ4v) is 3.78. The summed E-state index contributed by atoms with van der Waals surface area (Å²) in [5.74, 6) is 1.74. The average Bonchev–Trinajstić information content (AvgIpc) is 2.83. The predicted octanol–water partition coefficient (Wildman–Crippen LogP) is 3.01. The first-order valence-corrected chi connectivity index (χ1v) is 8.76.